The predicted molar refractivity (Wildman–Crippen MR) is 64.5 cm³/mol. The number of hydrogen-bond donors (Lipinski definition) is 1. The zero-order valence-corrected chi connectivity index (χ0v) is 10.3. The molecule has 1 heterocycles. The first-order valence-electron chi connectivity index (χ1n) is 5.20. The van der Waals surface area contributed by atoms with Crippen LogP contribution in [0, 0.1) is 11.6 Å². The van der Waals surface area contributed by atoms with Gasteiger partial charge in [0.2, 0.25) is 5.78 Å². The third kappa shape index (κ3) is 2.44. The number of halogens is 2. The van der Waals surface area contributed by atoms with E-state index in [0.717, 1.165) is 12.1 Å². The molecule has 94 valence electrons. The van der Waals surface area contributed by atoms with Gasteiger partial charge in [0.1, 0.15) is 22.3 Å². The fourth-order valence-corrected chi connectivity index (χ4v) is 2.17. The normalized spacial score (nSPS) is 12.4. The average Bonchev–Trinajstić information content (AvgIpc) is 2.77. The highest BCUT2D eigenvalue weighted by atomic mass is 32.1. The van der Waals surface area contributed by atoms with Crippen molar-refractivity contribution in [1.29, 1.82) is 0 Å². The third-order valence-electron chi connectivity index (χ3n) is 2.32. The van der Waals surface area contributed by atoms with Gasteiger partial charge in [0.05, 0.1) is 11.6 Å². The molecule has 0 fully saturated rings. The Morgan fingerprint density at radius 2 is 2.17 bits per heavy atom. The lowest BCUT2D eigenvalue weighted by molar-refractivity contribution is 0.103. The summed E-state index contributed by atoms with van der Waals surface area (Å²) in [6, 6.07) is 2.54. The molecule has 1 atom stereocenters. The van der Waals surface area contributed by atoms with Crippen molar-refractivity contribution in [3.8, 4) is 0 Å². The largest absolute Gasteiger partial charge is 0.322 e. The highest BCUT2D eigenvalue weighted by Crippen LogP contribution is 2.20. The molecule has 1 unspecified atom stereocenters. The zero-order valence-electron chi connectivity index (χ0n) is 9.48. The van der Waals surface area contributed by atoms with Crippen molar-refractivity contribution in [2.24, 2.45) is 5.73 Å². The van der Waals surface area contributed by atoms with Crippen LogP contribution in [0.3, 0.4) is 0 Å². The van der Waals surface area contributed by atoms with E-state index >= 15 is 0 Å². The number of ketones is 1. The van der Waals surface area contributed by atoms with Crippen LogP contribution in [-0.2, 0) is 0 Å². The van der Waals surface area contributed by atoms with Crippen LogP contribution in [0.1, 0.15) is 34.0 Å². The van der Waals surface area contributed by atoms with Gasteiger partial charge in [0, 0.05) is 11.4 Å². The number of carbonyl (C=O) groups is 1. The maximum atomic E-state index is 13.4. The standard InChI is InChI=1S/C12H10F2N2OS/c1-6(15)12-16-10(5-18-12)11(17)8-3-2-7(13)4-9(8)14/h2-6H,15H2,1H3. The second-order valence-corrected chi connectivity index (χ2v) is 4.70. The molecule has 3 nitrogen and oxygen atoms in total. The number of nitrogens with two attached hydrogens (primary N) is 1. The number of thiazole rings is 1. The molecule has 1 aromatic carbocycles. The lowest BCUT2D eigenvalue weighted by atomic mass is 10.1. The average molecular weight is 268 g/mol. The summed E-state index contributed by atoms with van der Waals surface area (Å²) in [4.78, 5) is 16.0. The van der Waals surface area contributed by atoms with Gasteiger partial charge in [-0.05, 0) is 19.1 Å². The third-order valence-corrected chi connectivity index (χ3v) is 3.37. The molecule has 2 aromatic rings. The number of benzene rings is 1. The number of carbonyl (C=O) groups excluding carboxylic acids is 1. The van der Waals surface area contributed by atoms with Gasteiger partial charge in [0.15, 0.2) is 0 Å². The Kier molecular flexibility index (Phi) is 3.49. The lowest BCUT2D eigenvalue weighted by Crippen LogP contribution is -2.08. The fourth-order valence-electron chi connectivity index (χ4n) is 1.41. The van der Waals surface area contributed by atoms with E-state index in [2.05, 4.69) is 4.98 Å². The van der Waals surface area contributed by atoms with E-state index in [9.17, 15) is 13.6 Å². The molecule has 0 amide bonds. The first-order valence-corrected chi connectivity index (χ1v) is 6.07. The summed E-state index contributed by atoms with van der Waals surface area (Å²) >= 11 is 1.24. The fraction of sp³-hybridized carbons (Fsp3) is 0.167. The van der Waals surface area contributed by atoms with Crippen molar-refractivity contribution in [3.05, 3.63) is 51.5 Å². The minimum absolute atomic E-state index is 0.123. The molecule has 18 heavy (non-hydrogen) atoms. The predicted octanol–water partition coefficient (Wildman–Crippen LogP) is 2.67. The molecule has 0 aliphatic heterocycles. The molecule has 1 aromatic heterocycles. The molecule has 0 radical (unpaired) electrons. The van der Waals surface area contributed by atoms with Crippen LogP contribution in [0.25, 0.3) is 0 Å². The van der Waals surface area contributed by atoms with Crippen LogP contribution in [0.15, 0.2) is 23.6 Å². The second kappa shape index (κ2) is 4.91. The zero-order chi connectivity index (χ0) is 13.3. The molecule has 0 aliphatic carbocycles. The first-order chi connectivity index (χ1) is 8.49. The maximum Gasteiger partial charge on any atom is 0.215 e. The van der Waals surface area contributed by atoms with Gasteiger partial charge >= 0.3 is 0 Å². The molecule has 0 bridgehead atoms. The quantitative estimate of drug-likeness (QED) is 0.871. The van der Waals surface area contributed by atoms with Crippen LogP contribution >= 0.6 is 11.3 Å². The highest BCUT2D eigenvalue weighted by Gasteiger charge is 2.18. The molecule has 0 aliphatic rings. The molecule has 0 saturated carbocycles. The van der Waals surface area contributed by atoms with E-state index < -0.39 is 17.4 Å². The minimum Gasteiger partial charge on any atom is -0.322 e. The Bertz CT molecular complexity index is 596. The number of nitrogens with zero attached hydrogens (tertiary/aromatic N) is 1. The van der Waals surface area contributed by atoms with Gasteiger partial charge in [0.25, 0.3) is 0 Å². The summed E-state index contributed by atoms with van der Waals surface area (Å²) in [7, 11) is 0. The van der Waals surface area contributed by atoms with E-state index in [0.29, 0.717) is 11.1 Å². The first kappa shape index (κ1) is 12.8. The van der Waals surface area contributed by atoms with E-state index in [4.69, 9.17) is 5.73 Å². The Morgan fingerprint density at radius 3 is 2.72 bits per heavy atom. The van der Waals surface area contributed by atoms with Crippen LogP contribution in [-0.4, -0.2) is 10.8 Å². The molecular weight excluding hydrogens is 258 g/mol. The minimum atomic E-state index is -0.893. The summed E-state index contributed by atoms with van der Waals surface area (Å²) in [6.07, 6.45) is 0. The Morgan fingerprint density at radius 1 is 1.44 bits per heavy atom. The summed E-state index contributed by atoms with van der Waals surface area (Å²) in [6.45, 7) is 1.74. The van der Waals surface area contributed by atoms with Gasteiger partial charge in [-0.15, -0.1) is 11.3 Å². The lowest BCUT2D eigenvalue weighted by Gasteiger charge is -2.00. The topological polar surface area (TPSA) is 56.0 Å². The van der Waals surface area contributed by atoms with Crippen molar-refractivity contribution in [2.75, 3.05) is 0 Å². The molecule has 0 spiro atoms. The number of rotatable bonds is 3. The van der Waals surface area contributed by atoms with Crippen molar-refractivity contribution < 1.29 is 13.6 Å². The van der Waals surface area contributed by atoms with Crippen molar-refractivity contribution in [3.63, 3.8) is 0 Å². The van der Waals surface area contributed by atoms with Crippen LogP contribution in [0.5, 0.6) is 0 Å². The van der Waals surface area contributed by atoms with E-state index in [-0.39, 0.29) is 17.3 Å². The smallest absolute Gasteiger partial charge is 0.215 e. The van der Waals surface area contributed by atoms with E-state index in [1.54, 1.807) is 6.92 Å². The van der Waals surface area contributed by atoms with Gasteiger partial charge in [-0.3, -0.25) is 4.79 Å². The Balaban J connectivity index is 2.35. The highest BCUT2D eigenvalue weighted by molar-refractivity contribution is 7.09. The maximum absolute atomic E-state index is 13.4. The van der Waals surface area contributed by atoms with Crippen molar-refractivity contribution in [1.82, 2.24) is 4.98 Å². The van der Waals surface area contributed by atoms with Crippen LogP contribution < -0.4 is 5.73 Å². The summed E-state index contributed by atoms with van der Waals surface area (Å²) in [5.41, 5.74) is 5.56. The Labute approximate surface area is 106 Å². The molecule has 2 rings (SSSR count). The number of aromatic nitrogens is 1. The van der Waals surface area contributed by atoms with Crippen molar-refractivity contribution in [2.45, 2.75) is 13.0 Å². The molecule has 2 N–H and O–H groups in total. The van der Waals surface area contributed by atoms with E-state index in [1.807, 2.05) is 0 Å². The van der Waals surface area contributed by atoms with Gasteiger partial charge in [-0.1, -0.05) is 0 Å². The molecule has 6 heteroatoms. The second-order valence-electron chi connectivity index (χ2n) is 3.81. The summed E-state index contributed by atoms with van der Waals surface area (Å²) < 4.78 is 26.2. The van der Waals surface area contributed by atoms with Gasteiger partial charge < -0.3 is 5.73 Å². The van der Waals surface area contributed by atoms with Gasteiger partial charge in [-0.25, -0.2) is 13.8 Å². The molecule has 0 saturated heterocycles. The Hall–Kier alpha value is -1.66. The number of hydrogen-bond acceptors (Lipinski definition) is 4. The monoisotopic (exact) mass is 268 g/mol. The SMILES string of the molecule is CC(N)c1nc(C(=O)c2ccc(F)cc2F)cs1. The van der Waals surface area contributed by atoms with Crippen LogP contribution in [0.2, 0.25) is 0 Å². The van der Waals surface area contributed by atoms with E-state index in [1.165, 1.54) is 16.7 Å². The summed E-state index contributed by atoms with van der Waals surface area (Å²) in [5, 5.41) is 2.12. The summed E-state index contributed by atoms with van der Waals surface area (Å²) in [5.74, 6) is -2.19. The molecular formula is C12H10F2N2OS. The van der Waals surface area contributed by atoms with Crippen LogP contribution in [0.4, 0.5) is 8.78 Å². The van der Waals surface area contributed by atoms with Crippen molar-refractivity contribution >= 4 is 17.1 Å². The van der Waals surface area contributed by atoms with Gasteiger partial charge in [-0.2, -0.15) is 0 Å².